The molecule has 1 aromatic rings. The molecule has 3 rings (SSSR count). The Labute approximate surface area is 144 Å². The fraction of sp³-hybridized carbons (Fsp3) is 0.385. The second-order valence-electron chi connectivity index (χ2n) is 5.39. The van der Waals surface area contributed by atoms with Crippen LogP contribution in [0.25, 0.3) is 0 Å². The molecule has 2 aliphatic rings. The van der Waals surface area contributed by atoms with Crippen molar-refractivity contribution >= 4 is 61.9 Å². The predicted octanol–water partition coefficient (Wildman–Crippen LogP) is 1.60. The Hall–Kier alpha value is -0.900. The molecular weight excluding hydrogens is 358 g/mol. The van der Waals surface area contributed by atoms with Crippen LogP contribution in [0, 0.1) is 0 Å². The van der Waals surface area contributed by atoms with Gasteiger partial charge in [-0.05, 0) is 42.6 Å². The highest BCUT2D eigenvalue weighted by atomic mass is 32.2. The third kappa shape index (κ3) is 2.49. The Kier molecular flexibility index (Phi) is 3.87. The number of anilines is 1. The van der Waals surface area contributed by atoms with Gasteiger partial charge in [-0.2, -0.15) is 0 Å². The van der Waals surface area contributed by atoms with Crippen LogP contribution >= 0.6 is 36.2 Å². The van der Waals surface area contributed by atoms with E-state index < -0.39 is 9.84 Å². The van der Waals surface area contributed by atoms with Crippen molar-refractivity contribution in [2.75, 3.05) is 17.7 Å². The summed E-state index contributed by atoms with van der Waals surface area (Å²) < 4.78 is 23.6. The van der Waals surface area contributed by atoms with Crippen molar-refractivity contribution in [2.45, 2.75) is 28.0 Å². The quantitative estimate of drug-likeness (QED) is 0.745. The number of benzene rings is 1. The zero-order chi connectivity index (χ0) is 16.2. The van der Waals surface area contributed by atoms with Crippen LogP contribution in [0.4, 0.5) is 5.69 Å². The second kappa shape index (κ2) is 5.33. The minimum absolute atomic E-state index is 0.126. The lowest BCUT2D eigenvalue weighted by atomic mass is 10.1. The number of nitrogens with zero attached hydrogens (tertiary/aromatic N) is 2. The molecular formula is C13H15N3O2S4. The highest BCUT2D eigenvalue weighted by Gasteiger charge is 2.43. The summed E-state index contributed by atoms with van der Waals surface area (Å²) in [6.45, 7) is 2.76. The maximum Gasteiger partial charge on any atom is 0.182 e. The van der Waals surface area contributed by atoms with Gasteiger partial charge < -0.3 is 10.6 Å². The molecule has 118 valence electrons. The van der Waals surface area contributed by atoms with Gasteiger partial charge in [0.05, 0.1) is 16.6 Å². The first-order valence-corrected chi connectivity index (χ1v) is 10.2. The summed E-state index contributed by atoms with van der Waals surface area (Å²) in [5.74, 6) is 0. The van der Waals surface area contributed by atoms with Crippen molar-refractivity contribution in [1.29, 1.82) is 0 Å². The molecule has 2 atom stereocenters. The molecule has 2 aliphatic heterocycles. The van der Waals surface area contributed by atoms with Crippen LogP contribution in [-0.4, -0.2) is 47.6 Å². The molecule has 0 radical (unpaired) electrons. The van der Waals surface area contributed by atoms with Crippen LogP contribution in [-0.2, 0) is 9.84 Å². The molecule has 0 bridgehead atoms. The zero-order valence-electron chi connectivity index (χ0n) is 12.0. The smallest absolute Gasteiger partial charge is 0.182 e. The number of thioether (sulfide) groups is 1. The Balaban J connectivity index is 2.13. The van der Waals surface area contributed by atoms with Crippen LogP contribution < -0.4 is 10.6 Å². The monoisotopic (exact) mass is 373 g/mol. The Morgan fingerprint density at radius 1 is 1.45 bits per heavy atom. The third-order valence-corrected chi connectivity index (χ3v) is 6.91. The summed E-state index contributed by atoms with van der Waals surface area (Å²) in [6.07, 6.45) is 1.20. The summed E-state index contributed by atoms with van der Waals surface area (Å²) in [5, 5.41) is 1.09. The lowest BCUT2D eigenvalue weighted by Crippen LogP contribution is -2.43. The number of nitrogens with two attached hydrogens (primary N) is 1. The van der Waals surface area contributed by atoms with Gasteiger partial charge in [0.1, 0.15) is 0 Å². The van der Waals surface area contributed by atoms with E-state index in [1.807, 2.05) is 11.0 Å². The standard InChI is InChI=1S/C13H15N3O2S4/c1-7-10-6-15(12(14)19)13(20)16(10)9-5-8(22(2,17)18)3-4-11(9)21-7/h3-5,7,10H,6H2,1-2H3,(H2,14,19). The zero-order valence-corrected chi connectivity index (χ0v) is 15.3. The number of hydrogen-bond acceptors (Lipinski definition) is 5. The van der Waals surface area contributed by atoms with E-state index in [-0.39, 0.29) is 16.0 Å². The van der Waals surface area contributed by atoms with Crippen molar-refractivity contribution < 1.29 is 8.42 Å². The topological polar surface area (TPSA) is 66.6 Å². The normalized spacial score (nSPS) is 24.2. The predicted molar refractivity (Wildman–Crippen MR) is 97.2 cm³/mol. The summed E-state index contributed by atoms with van der Waals surface area (Å²) in [5.41, 5.74) is 6.57. The van der Waals surface area contributed by atoms with E-state index in [0.717, 1.165) is 10.6 Å². The van der Waals surface area contributed by atoms with Crippen molar-refractivity contribution in [2.24, 2.45) is 5.73 Å². The molecule has 2 N–H and O–H groups in total. The van der Waals surface area contributed by atoms with Gasteiger partial charge in [0.25, 0.3) is 0 Å². The van der Waals surface area contributed by atoms with Gasteiger partial charge in [-0.25, -0.2) is 8.42 Å². The molecule has 0 amide bonds. The molecule has 0 aliphatic carbocycles. The van der Waals surface area contributed by atoms with Crippen LogP contribution in [0.2, 0.25) is 0 Å². The second-order valence-corrected chi connectivity index (χ2v) is 9.61. The number of rotatable bonds is 1. The van der Waals surface area contributed by atoms with Gasteiger partial charge in [0, 0.05) is 22.9 Å². The van der Waals surface area contributed by atoms with Crippen LogP contribution in [0.3, 0.4) is 0 Å². The molecule has 1 fully saturated rings. The molecule has 9 heteroatoms. The van der Waals surface area contributed by atoms with Gasteiger partial charge in [-0.1, -0.05) is 6.92 Å². The van der Waals surface area contributed by atoms with Gasteiger partial charge in [-0.15, -0.1) is 11.8 Å². The Morgan fingerprint density at radius 2 is 2.14 bits per heavy atom. The van der Waals surface area contributed by atoms with Crippen molar-refractivity contribution in [1.82, 2.24) is 4.90 Å². The number of fused-ring (bicyclic) bond motifs is 3. The first kappa shape index (κ1) is 16.0. The van der Waals surface area contributed by atoms with E-state index in [0.29, 0.717) is 16.9 Å². The SMILES string of the molecule is CC1Sc2ccc(S(C)(=O)=O)cc2N2C(=S)N(C(N)=S)CC12. The van der Waals surface area contributed by atoms with Crippen molar-refractivity contribution in [3.8, 4) is 0 Å². The number of sulfone groups is 1. The fourth-order valence-corrected chi connectivity index (χ4v) is 5.19. The van der Waals surface area contributed by atoms with Gasteiger partial charge in [-0.3, -0.25) is 4.90 Å². The highest BCUT2D eigenvalue weighted by molar-refractivity contribution is 8.00. The largest absolute Gasteiger partial charge is 0.376 e. The lowest BCUT2D eigenvalue weighted by molar-refractivity contribution is 0.583. The van der Waals surface area contributed by atoms with Crippen molar-refractivity contribution in [3.05, 3.63) is 18.2 Å². The summed E-state index contributed by atoms with van der Waals surface area (Å²) >= 11 is 12.3. The average Bonchev–Trinajstić information content (AvgIpc) is 2.76. The van der Waals surface area contributed by atoms with E-state index >= 15 is 0 Å². The first-order chi connectivity index (χ1) is 10.2. The van der Waals surface area contributed by atoms with E-state index in [9.17, 15) is 8.42 Å². The molecule has 2 heterocycles. The van der Waals surface area contributed by atoms with Crippen molar-refractivity contribution in [3.63, 3.8) is 0 Å². The number of thiocarbonyl (C=S) groups is 2. The number of hydrogen-bond donors (Lipinski definition) is 1. The molecule has 1 aromatic carbocycles. The molecule has 0 aromatic heterocycles. The Morgan fingerprint density at radius 3 is 2.73 bits per heavy atom. The maximum atomic E-state index is 11.8. The molecule has 2 unspecified atom stereocenters. The van der Waals surface area contributed by atoms with Gasteiger partial charge in [0.15, 0.2) is 20.1 Å². The maximum absolute atomic E-state index is 11.8. The Bertz CT molecular complexity index is 777. The van der Waals surface area contributed by atoms with Crippen LogP contribution in [0.1, 0.15) is 6.92 Å². The van der Waals surface area contributed by atoms with Gasteiger partial charge >= 0.3 is 0 Å². The molecule has 5 nitrogen and oxygen atoms in total. The molecule has 0 saturated carbocycles. The first-order valence-electron chi connectivity index (χ1n) is 6.61. The molecule has 0 spiro atoms. The highest BCUT2D eigenvalue weighted by Crippen LogP contribution is 2.45. The van der Waals surface area contributed by atoms with E-state index in [1.54, 1.807) is 28.8 Å². The summed E-state index contributed by atoms with van der Waals surface area (Å²) in [7, 11) is -3.27. The average molecular weight is 374 g/mol. The van der Waals surface area contributed by atoms with Crippen LogP contribution in [0.5, 0.6) is 0 Å². The third-order valence-electron chi connectivity index (χ3n) is 3.88. The van der Waals surface area contributed by atoms with E-state index in [2.05, 4.69) is 6.92 Å². The van der Waals surface area contributed by atoms with Gasteiger partial charge in [0.2, 0.25) is 0 Å². The minimum atomic E-state index is -3.27. The summed E-state index contributed by atoms with van der Waals surface area (Å²) in [6, 6.07) is 5.29. The van der Waals surface area contributed by atoms with E-state index in [4.69, 9.17) is 30.2 Å². The molecule has 22 heavy (non-hydrogen) atoms. The molecule has 1 saturated heterocycles. The van der Waals surface area contributed by atoms with E-state index in [1.165, 1.54) is 6.26 Å². The van der Waals surface area contributed by atoms with Crippen LogP contribution in [0.15, 0.2) is 28.0 Å². The summed E-state index contributed by atoms with van der Waals surface area (Å²) in [4.78, 5) is 5.02. The minimum Gasteiger partial charge on any atom is -0.376 e. The fourth-order valence-electron chi connectivity index (χ4n) is 2.74. The lowest BCUT2D eigenvalue weighted by Gasteiger charge is -2.35.